The molecule has 2 unspecified atom stereocenters. The Hall–Kier alpha value is 0.270. The fourth-order valence-electron chi connectivity index (χ4n) is 1.05. The number of aliphatic hydroxyl groups is 1. The molecule has 0 bridgehead atoms. The molecular formula is C10H23NOS. The molecule has 0 spiro atoms. The van der Waals surface area contributed by atoms with Gasteiger partial charge in [-0.3, -0.25) is 0 Å². The maximum atomic E-state index is 9.20. The Kier molecular flexibility index (Phi) is 9.03. The van der Waals surface area contributed by atoms with Gasteiger partial charge in [-0.2, -0.15) is 11.8 Å². The summed E-state index contributed by atoms with van der Waals surface area (Å²) in [6.07, 6.45) is 5.73. The zero-order chi connectivity index (χ0) is 10.1. The Morgan fingerprint density at radius 3 is 2.46 bits per heavy atom. The van der Waals surface area contributed by atoms with Crippen LogP contribution in [0.5, 0.6) is 0 Å². The summed E-state index contributed by atoms with van der Waals surface area (Å²) in [6, 6.07) is 0.223. The molecule has 0 rings (SSSR count). The van der Waals surface area contributed by atoms with Crippen molar-refractivity contribution in [3.05, 3.63) is 0 Å². The predicted octanol–water partition coefficient (Wildman–Crippen LogP) is 1.88. The highest BCUT2D eigenvalue weighted by atomic mass is 32.2. The fourth-order valence-corrected chi connectivity index (χ4v) is 1.54. The van der Waals surface area contributed by atoms with Crippen LogP contribution in [0.3, 0.4) is 0 Å². The second kappa shape index (κ2) is 8.85. The van der Waals surface area contributed by atoms with E-state index in [1.165, 1.54) is 25.0 Å². The van der Waals surface area contributed by atoms with Gasteiger partial charge in [0.25, 0.3) is 0 Å². The summed E-state index contributed by atoms with van der Waals surface area (Å²) < 4.78 is 0. The lowest BCUT2D eigenvalue weighted by molar-refractivity contribution is 0.153. The van der Waals surface area contributed by atoms with Crippen molar-refractivity contribution in [3.63, 3.8) is 0 Å². The molecule has 3 heteroatoms. The van der Waals surface area contributed by atoms with Crippen LogP contribution in [0.4, 0.5) is 0 Å². The Balaban J connectivity index is 3.07. The van der Waals surface area contributed by atoms with Gasteiger partial charge in [-0.25, -0.2) is 0 Å². The van der Waals surface area contributed by atoms with Crippen molar-refractivity contribution in [2.24, 2.45) is 0 Å². The normalized spacial score (nSPS) is 15.7. The SMILES string of the molecule is CSCCCCCNC(C)C(C)O. The van der Waals surface area contributed by atoms with Crippen molar-refractivity contribution < 1.29 is 5.11 Å². The molecule has 0 aliphatic carbocycles. The molecule has 0 aliphatic rings. The van der Waals surface area contributed by atoms with Gasteiger partial charge in [0, 0.05) is 6.04 Å². The summed E-state index contributed by atoms with van der Waals surface area (Å²) in [5, 5.41) is 12.5. The molecule has 0 fully saturated rings. The van der Waals surface area contributed by atoms with Gasteiger partial charge in [-0.05, 0) is 45.2 Å². The molecule has 0 aromatic carbocycles. The molecule has 2 nitrogen and oxygen atoms in total. The van der Waals surface area contributed by atoms with Crippen LogP contribution in [-0.2, 0) is 0 Å². The zero-order valence-electron chi connectivity index (χ0n) is 9.05. The van der Waals surface area contributed by atoms with Crippen LogP contribution in [0.2, 0.25) is 0 Å². The highest BCUT2D eigenvalue weighted by molar-refractivity contribution is 7.98. The molecular weight excluding hydrogens is 182 g/mol. The van der Waals surface area contributed by atoms with Crippen molar-refractivity contribution in [1.29, 1.82) is 0 Å². The second-order valence-corrected chi connectivity index (χ2v) is 4.52. The summed E-state index contributed by atoms with van der Waals surface area (Å²) in [5.41, 5.74) is 0. The summed E-state index contributed by atoms with van der Waals surface area (Å²) in [5.74, 6) is 1.27. The number of aliphatic hydroxyl groups excluding tert-OH is 1. The van der Waals surface area contributed by atoms with Gasteiger partial charge in [0.15, 0.2) is 0 Å². The van der Waals surface area contributed by atoms with Gasteiger partial charge in [-0.1, -0.05) is 6.42 Å². The third-order valence-electron chi connectivity index (χ3n) is 2.22. The van der Waals surface area contributed by atoms with E-state index in [1.54, 1.807) is 0 Å². The van der Waals surface area contributed by atoms with Gasteiger partial charge in [-0.15, -0.1) is 0 Å². The van der Waals surface area contributed by atoms with Gasteiger partial charge < -0.3 is 10.4 Å². The van der Waals surface area contributed by atoms with Crippen molar-refractivity contribution >= 4 is 11.8 Å². The van der Waals surface area contributed by atoms with E-state index in [2.05, 4.69) is 11.6 Å². The van der Waals surface area contributed by atoms with E-state index in [4.69, 9.17) is 0 Å². The molecule has 2 atom stereocenters. The van der Waals surface area contributed by atoms with Crippen LogP contribution in [-0.4, -0.2) is 35.8 Å². The summed E-state index contributed by atoms with van der Waals surface area (Å²) in [7, 11) is 0. The Bertz CT molecular complexity index is 109. The molecule has 0 saturated heterocycles. The molecule has 0 radical (unpaired) electrons. The van der Waals surface area contributed by atoms with Crippen LogP contribution in [0, 0.1) is 0 Å². The average molecular weight is 205 g/mol. The van der Waals surface area contributed by atoms with Crippen molar-refractivity contribution in [2.45, 2.75) is 45.3 Å². The maximum Gasteiger partial charge on any atom is 0.0662 e. The number of unbranched alkanes of at least 4 members (excludes halogenated alkanes) is 2. The average Bonchev–Trinajstić information content (AvgIpc) is 2.10. The zero-order valence-corrected chi connectivity index (χ0v) is 9.86. The lowest BCUT2D eigenvalue weighted by Crippen LogP contribution is -2.35. The largest absolute Gasteiger partial charge is 0.392 e. The van der Waals surface area contributed by atoms with E-state index in [0.717, 1.165) is 6.54 Å². The first-order valence-corrected chi connectivity index (χ1v) is 6.48. The topological polar surface area (TPSA) is 32.3 Å². The first-order chi connectivity index (χ1) is 6.18. The minimum Gasteiger partial charge on any atom is -0.392 e. The molecule has 0 heterocycles. The summed E-state index contributed by atoms with van der Waals surface area (Å²) in [6.45, 7) is 4.87. The van der Waals surface area contributed by atoms with E-state index in [9.17, 15) is 5.11 Å². The summed E-state index contributed by atoms with van der Waals surface area (Å²) in [4.78, 5) is 0. The number of hydrogen-bond donors (Lipinski definition) is 2. The number of rotatable bonds is 8. The van der Waals surface area contributed by atoms with E-state index in [0.29, 0.717) is 0 Å². The molecule has 80 valence electrons. The van der Waals surface area contributed by atoms with Crippen LogP contribution >= 0.6 is 11.8 Å². The number of nitrogens with one attached hydrogen (secondary N) is 1. The molecule has 13 heavy (non-hydrogen) atoms. The van der Waals surface area contributed by atoms with Crippen LogP contribution in [0.15, 0.2) is 0 Å². The minimum absolute atomic E-state index is 0.223. The standard InChI is InChI=1S/C10H23NOS/c1-9(10(2)12)11-7-5-4-6-8-13-3/h9-12H,4-8H2,1-3H3. The number of hydrogen-bond acceptors (Lipinski definition) is 3. The molecule has 0 aliphatic heterocycles. The molecule has 0 amide bonds. The van der Waals surface area contributed by atoms with Gasteiger partial charge in [0.05, 0.1) is 6.10 Å². The quantitative estimate of drug-likeness (QED) is 0.593. The predicted molar refractivity (Wildman–Crippen MR) is 61.4 cm³/mol. The molecule has 2 N–H and O–H groups in total. The second-order valence-electron chi connectivity index (χ2n) is 3.54. The first-order valence-electron chi connectivity index (χ1n) is 5.09. The van der Waals surface area contributed by atoms with Crippen molar-refractivity contribution in [2.75, 3.05) is 18.6 Å². The van der Waals surface area contributed by atoms with Crippen LogP contribution < -0.4 is 5.32 Å². The Morgan fingerprint density at radius 1 is 1.23 bits per heavy atom. The van der Waals surface area contributed by atoms with Crippen molar-refractivity contribution in [1.82, 2.24) is 5.32 Å². The van der Waals surface area contributed by atoms with E-state index >= 15 is 0 Å². The molecule has 0 aromatic heterocycles. The number of thioether (sulfide) groups is 1. The lowest BCUT2D eigenvalue weighted by atomic mass is 10.2. The van der Waals surface area contributed by atoms with Crippen LogP contribution in [0.1, 0.15) is 33.1 Å². The monoisotopic (exact) mass is 205 g/mol. The maximum absolute atomic E-state index is 9.20. The van der Waals surface area contributed by atoms with Gasteiger partial charge in [0.2, 0.25) is 0 Å². The first kappa shape index (κ1) is 13.3. The third kappa shape index (κ3) is 8.60. The molecule has 0 saturated carbocycles. The highest BCUT2D eigenvalue weighted by Crippen LogP contribution is 2.01. The highest BCUT2D eigenvalue weighted by Gasteiger charge is 2.05. The lowest BCUT2D eigenvalue weighted by Gasteiger charge is -2.16. The Morgan fingerprint density at radius 2 is 1.92 bits per heavy atom. The molecule has 0 aromatic rings. The van der Waals surface area contributed by atoms with Gasteiger partial charge >= 0.3 is 0 Å². The van der Waals surface area contributed by atoms with Gasteiger partial charge in [0.1, 0.15) is 0 Å². The summed E-state index contributed by atoms with van der Waals surface area (Å²) >= 11 is 1.91. The fraction of sp³-hybridized carbons (Fsp3) is 1.00. The minimum atomic E-state index is -0.244. The van der Waals surface area contributed by atoms with E-state index in [-0.39, 0.29) is 12.1 Å². The Labute approximate surface area is 86.5 Å². The third-order valence-corrected chi connectivity index (χ3v) is 2.91. The van der Waals surface area contributed by atoms with Crippen LogP contribution in [0.25, 0.3) is 0 Å². The van der Waals surface area contributed by atoms with E-state index < -0.39 is 0 Å². The van der Waals surface area contributed by atoms with E-state index in [1.807, 2.05) is 25.6 Å². The smallest absolute Gasteiger partial charge is 0.0662 e. The van der Waals surface area contributed by atoms with Crippen molar-refractivity contribution in [3.8, 4) is 0 Å².